The molecule has 1 aliphatic rings. The molecule has 0 amide bonds. The average Bonchev–Trinajstić information content (AvgIpc) is 2.78. The lowest BCUT2D eigenvalue weighted by atomic mass is 10.2. The summed E-state index contributed by atoms with van der Waals surface area (Å²) in [5.74, 6) is 0.199. The van der Waals surface area contributed by atoms with Crippen LogP contribution in [0.2, 0.25) is 0 Å². The molecule has 0 bridgehead atoms. The van der Waals surface area contributed by atoms with Crippen LogP contribution >= 0.6 is 0 Å². The van der Waals surface area contributed by atoms with Crippen LogP contribution in [0.15, 0.2) is 12.7 Å². The molecular weight excluding hydrogens is 197 g/mol. The Balaban J connectivity index is 2.40. The van der Waals surface area contributed by atoms with Gasteiger partial charge in [-0.15, -0.1) is 11.7 Å². The second-order valence-electron chi connectivity index (χ2n) is 3.52. The Kier molecular flexibility index (Phi) is 2.38. The standard InChI is InChI=1S/C10H12FN3O/c1-3-6-5-7(11)10-12-9(8(15)4-2)13-14(6)10/h3,6-7H,1,4-5H2,2H3/t6-,7-/m0/s1. The van der Waals surface area contributed by atoms with Gasteiger partial charge >= 0.3 is 0 Å². The molecule has 4 nitrogen and oxygen atoms in total. The van der Waals surface area contributed by atoms with E-state index >= 15 is 0 Å². The molecular formula is C10H12FN3O. The smallest absolute Gasteiger partial charge is 0.217 e. The summed E-state index contributed by atoms with van der Waals surface area (Å²) in [6, 6.07) is -0.180. The van der Waals surface area contributed by atoms with E-state index in [1.807, 2.05) is 0 Å². The minimum absolute atomic E-state index is 0.113. The van der Waals surface area contributed by atoms with E-state index in [0.717, 1.165) is 0 Å². The fourth-order valence-electron chi connectivity index (χ4n) is 1.68. The lowest BCUT2D eigenvalue weighted by Gasteiger charge is -2.02. The molecule has 0 saturated heterocycles. The second-order valence-corrected chi connectivity index (χ2v) is 3.52. The van der Waals surface area contributed by atoms with E-state index in [4.69, 9.17) is 0 Å². The quantitative estimate of drug-likeness (QED) is 0.565. The highest BCUT2D eigenvalue weighted by Crippen LogP contribution is 2.35. The molecule has 0 fully saturated rings. The van der Waals surface area contributed by atoms with Gasteiger partial charge in [0, 0.05) is 12.8 Å². The first-order valence-corrected chi connectivity index (χ1v) is 4.93. The Labute approximate surface area is 86.8 Å². The monoisotopic (exact) mass is 209 g/mol. The molecule has 5 heteroatoms. The van der Waals surface area contributed by atoms with Crippen LogP contribution < -0.4 is 0 Å². The zero-order valence-electron chi connectivity index (χ0n) is 8.48. The minimum atomic E-state index is -1.14. The van der Waals surface area contributed by atoms with Gasteiger partial charge in [-0.25, -0.2) is 14.1 Å². The van der Waals surface area contributed by atoms with Crippen molar-refractivity contribution >= 4 is 5.78 Å². The molecule has 0 saturated carbocycles. The van der Waals surface area contributed by atoms with Crippen molar-refractivity contribution in [1.82, 2.24) is 14.8 Å². The molecule has 0 radical (unpaired) electrons. The molecule has 0 spiro atoms. The number of nitrogens with zero attached hydrogens (tertiary/aromatic N) is 3. The first-order chi connectivity index (χ1) is 7.17. The highest BCUT2D eigenvalue weighted by Gasteiger charge is 2.33. The van der Waals surface area contributed by atoms with Gasteiger partial charge in [-0.1, -0.05) is 13.0 Å². The topological polar surface area (TPSA) is 47.8 Å². The van der Waals surface area contributed by atoms with Gasteiger partial charge in [0.05, 0.1) is 6.04 Å². The van der Waals surface area contributed by atoms with E-state index in [2.05, 4.69) is 16.7 Å². The van der Waals surface area contributed by atoms with E-state index in [-0.39, 0.29) is 23.5 Å². The van der Waals surface area contributed by atoms with Crippen molar-refractivity contribution in [3.8, 4) is 0 Å². The van der Waals surface area contributed by atoms with Crippen LogP contribution in [-0.2, 0) is 0 Å². The van der Waals surface area contributed by atoms with Gasteiger partial charge in [0.25, 0.3) is 0 Å². The number of fused-ring (bicyclic) bond motifs is 1. The average molecular weight is 209 g/mol. The zero-order valence-corrected chi connectivity index (χ0v) is 8.48. The summed E-state index contributed by atoms with van der Waals surface area (Å²) >= 11 is 0. The summed E-state index contributed by atoms with van der Waals surface area (Å²) in [4.78, 5) is 15.3. The van der Waals surface area contributed by atoms with Crippen LogP contribution in [0.3, 0.4) is 0 Å². The third-order valence-electron chi connectivity index (χ3n) is 2.54. The van der Waals surface area contributed by atoms with Crippen molar-refractivity contribution in [1.29, 1.82) is 0 Å². The van der Waals surface area contributed by atoms with Gasteiger partial charge in [-0.3, -0.25) is 4.79 Å². The number of rotatable bonds is 3. The SMILES string of the molecule is C=C[C@H]1C[C@H](F)c2nc(C(=O)CC)nn21. The number of allylic oxidation sites excluding steroid dienone is 1. The van der Waals surface area contributed by atoms with E-state index in [0.29, 0.717) is 12.8 Å². The third-order valence-corrected chi connectivity index (χ3v) is 2.54. The Morgan fingerprint density at radius 3 is 3.13 bits per heavy atom. The van der Waals surface area contributed by atoms with Crippen molar-refractivity contribution < 1.29 is 9.18 Å². The Hall–Kier alpha value is -1.52. The third kappa shape index (κ3) is 1.48. The summed E-state index contributed by atoms with van der Waals surface area (Å²) in [5, 5.41) is 4.01. The lowest BCUT2D eigenvalue weighted by molar-refractivity contribution is 0.0977. The van der Waals surface area contributed by atoms with Crippen molar-refractivity contribution in [2.24, 2.45) is 0 Å². The number of hydrogen-bond donors (Lipinski definition) is 0. The van der Waals surface area contributed by atoms with Crippen LogP contribution in [0.25, 0.3) is 0 Å². The number of alkyl halides is 1. The number of Topliss-reactive ketones (excluding diaryl/α,β-unsaturated/α-hetero) is 1. The number of carbonyl (C=O) groups excluding carboxylic acids is 1. The van der Waals surface area contributed by atoms with E-state index < -0.39 is 6.17 Å². The van der Waals surface area contributed by atoms with Gasteiger partial charge < -0.3 is 0 Å². The maximum atomic E-state index is 13.5. The summed E-state index contributed by atoms with van der Waals surface area (Å²) < 4.78 is 14.9. The molecule has 0 aliphatic carbocycles. The minimum Gasteiger partial charge on any atom is -0.291 e. The molecule has 15 heavy (non-hydrogen) atoms. The molecule has 1 aromatic heterocycles. The van der Waals surface area contributed by atoms with Gasteiger partial charge in [0.15, 0.2) is 12.0 Å². The van der Waals surface area contributed by atoms with Crippen LogP contribution in [0.5, 0.6) is 0 Å². The molecule has 0 unspecified atom stereocenters. The van der Waals surface area contributed by atoms with E-state index in [1.165, 1.54) is 4.68 Å². The summed E-state index contributed by atoms with van der Waals surface area (Å²) in [6.07, 6.45) is 1.13. The molecule has 0 aromatic carbocycles. The Morgan fingerprint density at radius 2 is 2.53 bits per heavy atom. The fourth-order valence-corrected chi connectivity index (χ4v) is 1.68. The van der Waals surface area contributed by atoms with Gasteiger partial charge in [-0.05, 0) is 0 Å². The lowest BCUT2D eigenvalue weighted by Crippen LogP contribution is -2.05. The Morgan fingerprint density at radius 1 is 1.80 bits per heavy atom. The van der Waals surface area contributed by atoms with E-state index in [9.17, 15) is 9.18 Å². The van der Waals surface area contributed by atoms with Gasteiger partial charge in [0.1, 0.15) is 0 Å². The number of carbonyl (C=O) groups is 1. The van der Waals surface area contributed by atoms with Crippen LogP contribution in [0.1, 0.15) is 48.4 Å². The Bertz CT molecular complexity index is 413. The van der Waals surface area contributed by atoms with Crippen LogP contribution in [-0.4, -0.2) is 20.5 Å². The highest BCUT2D eigenvalue weighted by molar-refractivity contribution is 5.92. The molecule has 2 atom stereocenters. The van der Waals surface area contributed by atoms with Gasteiger partial charge in [-0.2, -0.15) is 0 Å². The largest absolute Gasteiger partial charge is 0.291 e. The number of hydrogen-bond acceptors (Lipinski definition) is 3. The first-order valence-electron chi connectivity index (χ1n) is 4.93. The predicted octanol–water partition coefficient (Wildman–Crippen LogP) is 2.01. The van der Waals surface area contributed by atoms with E-state index in [1.54, 1.807) is 13.0 Å². The molecule has 2 rings (SSSR count). The highest BCUT2D eigenvalue weighted by atomic mass is 19.1. The van der Waals surface area contributed by atoms with Crippen molar-refractivity contribution in [2.45, 2.75) is 32.0 Å². The molecule has 1 aliphatic heterocycles. The molecule has 1 aromatic rings. The maximum Gasteiger partial charge on any atom is 0.217 e. The molecule has 2 heterocycles. The fraction of sp³-hybridized carbons (Fsp3) is 0.500. The number of aromatic nitrogens is 3. The normalized spacial score (nSPS) is 23.9. The number of ketones is 1. The maximum absolute atomic E-state index is 13.5. The summed E-state index contributed by atoms with van der Waals surface area (Å²) in [5.41, 5.74) is 0. The van der Waals surface area contributed by atoms with Crippen molar-refractivity contribution in [2.75, 3.05) is 0 Å². The van der Waals surface area contributed by atoms with Crippen LogP contribution in [0.4, 0.5) is 4.39 Å². The van der Waals surface area contributed by atoms with Crippen LogP contribution in [0, 0.1) is 0 Å². The summed E-state index contributed by atoms with van der Waals surface area (Å²) in [7, 11) is 0. The molecule has 80 valence electrons. The van der Waals surface area contributed by atoms with Crippen molar-refractivity contribution in [3.63, 3.8) is 0 Å². The van der Waals surface area contributed by atoms with Crippen molar-refractivity contribution in [3.05, 3.63) is 24.3 Å². The zero-order chi connectivity index (χ0) is 11.0. The summed E-state index contributed by atoms with van der Waals surface area (Å²) in [6.45, 7) is 5.34. The second kappa shape index (κ2) is 3.56. The first kappa shape index (κ1) is 10.0. The number of halogens is 1. The predicted molar refractivity (Wildman–Crippen MR) is 52.3 cm³/mol. The van der Waals surface area contributed by atoms with Gasteiger partial charge in [0.2, 0.25) is 11.6 Å². The molecule has 0 N–H and O–H groups in total.